The summed E-state index contributed by atoms with van der Waals surface area (Å²) in [5, 5.41) is 2.92. The number of benzene rings is 2. The van der Waals surface area contributed by atoms with Crippen LogP contribution in [0.1, 0.15) is 12.5 Å². The number of carbonyl (C=O) groups excluding carboxylic acids is 1. The van der Waals surface area contributed by atoms with Crippen molar-refractivity contribution in [3.63, 3.8) is 0 Å². The van der Waals surface area contributed by atoms with Gasteiger partial charge in [0.25, 0.3) is 0 Å². The quantitative estimate of drug-likeness (QED) is 0.618. The fourth-order valence-corrected chi connectivity index (χ4v) is 4.18. The lowest BCUT2D eigenvalue weighted by atomic mass is 10.2. The smallest absolute Gasteiger partial charge is 0.245 e. The Labute approximate surface area is 175 Å². The highest BCUT2D eigenvalue weighted by molar-refractivity contribution is 7.89. The highest BCUT2D eigenvalue weighted by atomic mass is 35.5. The average molecular weight is 443 g/mol. The zero-order valence-corrected chi connectivity index (χ0v) is 18.1. The van der Waals surface area contributed by atoms with Crippen LogP contribution in [0.2, 0.25) is 5.02 Å². The van der Waals surface area contributed by atoms with E-state index in [4.69, 9.17) is 25.8 Å². The summed E-state index contributed by atoms with van der Waals surface area (Å²) in [4.78, 5) is 12.2. The third-order valence-electron chi connectivity index (χ3n) is 4.06. The number of rotatable bonds is 9. The lowest BCUT2D eigenvalue weighted by Gasteiger charge is -2.16. The van der Waals surface area contributed by atoms with Crippen LogP contribution in [-0.2, 0) is 21.4 Å². The van der Waals surface area contributed by atoms with Gasteiger partial charge in [0.2, 0.25) is 15.9 Å². The molecule has 0 unspecified atom stereocenters. The van der Waals surface area contributed by atoms with Gasteiger partial charge in [-0.05, 0) is 42.8 Å². The second-order valence-corrected chi connectivity index (χ2v) is 8.16. The molecule has 0 saturated carbocycles. The summed E-state index contributed by atoms with van der Waals surface area (Å²) >= 11 is 5.90. The molecule has 0 fully saturated rings. The molecule has 1 amide bonds. The number of hydrogen-bond acceptors (Lipinski definition) is 6. The van der Waals surface area contributed by atoms with Crippen LogP contribution in [-0.4, -0.2) is 41.7 Å². The molecular weight excluding hydrogens is 420 g/mol. The van der Waals surface area contributed by atoms with Crippen molar-refractivity contribution in [2.75, 3.05) is 21.3 Å². The molecule has 0 aliphatic heterocycles. The molecule has 0 saturated heterocycles. The van der Waals surface area contributed by atoms with Gasteiger partial charge < -0.3 is 19.5 Å². The molecule has 1 atom stereocenters. The lowest BCUT2D eigenvalue weighted by Crippen LogP contribution is -2.44. The first kappa shape index (κ1) is 22.8. The number of sulfonamides is 1. The number of hydrogen-bond donors (Lipinski definition) is 2. The van der Waals surface area contributed by atoms with Crippen molar-refractivity contribution < 1.29 is 27.4 Å². The second kappa shape index (κ2) is 9.82. The van der Waals surface area contributed by atoms with Crippen molar-refractivity contribution in [1.82, 2.24) is 10.0 Å². The molecule has 2 aromatic carbocycles. The molecule has 2 N–H and O–H groups in total. The minimum absolute atomic E-state index is 0.125. The topological polar surface area (TPSA) is 103 Å². The minimum atomic E-state index is -4.03. The zero-order chi connectivity index (χ0) is 21.6. The van der Waals surface area contributed by atoms with E-state index in [1.807, 2.05) is 0 Å². The van der Waals surface area contributed by atoms with Gasteiger partial charge in [0, 0.05) is 11.6 Å². The van der Waals surface area contributed by atoms with Crippen LogP contribution in [0.25, 0.3) is 0 Å². The lowest BCUT2D eigenvalue weighted by molar-refractivity contribution is -0.122. The summed E-state index contributed by atoms with van der Waals surface area (Å²) in [6.07, 6.45) is 0. The van der Waals surface area contributed by atoms with E-state index in [-0.39, 0.29) is 22.2 Å². The normalized spacial score (nSPS) is 12.2. The molecule has 8 nitrogen and oxygen atoms in total. The maximum Gasteiger partial charge on any atom is 0.245 e. The van der Waals surface area contributed by atoms with Crippen molar-refractivity contribution in [3.05, 3.63) is 47.0 Å². The van der Waals surface area contributed by atoms with Crippen LogP contribution in [0.3, 0.4) is 0 Å². The van der Waals surface area contributed by atoms with Gasteiger partial charge in [0.05, 0.1) is 27.4 Å². The van der Waals surface area contributed by atoms with Gasteiger partial charge in [-0.25, -0.2) is 8.42 Å². The Bertz CT molecular complexity index is 981. The fourth-order valence-electron chi connectivity index (χ4n) is 2.54. The summed E-state index contributed by atoms with van der Waals surface area (Å²) in [5.74, 6) is 0.726. The molecule has 0 spiro atoms. The van der Waals surface area contributed by atoms with Crippen LogP contribution in [0.5, 0.6) is 17.2 Å². The van der Waals surface area contributed by atoms with E-state index < -0.39 is 22.0 Å². The highest BCUT2D eigenvalue weighted by Gasteiger charge is 2.25. The molecule has 29 heavy (non-hydrogen) atoms. The summed E-state index contributed by atoms with van der Waals surface area (Å²) < 4.78 is 43.1. The van der Waals surface area contributed by atoms with Crippen molar-refractivity contribution in [1.29, 1.82) is 0 Å². The predicted octanol–water partition coefficient (Wildman–Crippen LogP) is 2.35. The Morgan fingerprint density at radius 1 is 1.00 bits per heavy atom. The maximum absolute atomic E-state index is 12.6. The number of ether oxygens (including phenoxy) is 3. The van der Waals surface area contributed by atoms with E-state index in [2.05, 4.69) is 10.0 Å². The van der Waals surface area contributed by atoms with Crippen LogP contribution in [0, 0.1) is 0 Å². The van der Waals surface area contributed by atoms with E-state index in [9.17, 15) is 13.2 Å². The predicted molar refractivity (Wildman–Crippen MR) is 109 cm³/mol. The highest BCUT2D eigenvalue weighted by Crippen LogP contribution is 2.28. The Morgan fingerprint density at radius 2 is 1.62 bits per heavy atom. The van der Waals surface area contributed by atoms with Crippen LogP contribution in [0.15, 0.2) is 41.3 Å². The summed E-state index contributed by atoms with van der Waals surface area (Å²) in [7, 11) is 0.364. The Balaban J connectivity index is 2.06. The van der Waals surface area contributed by atoms with Crippen LogP contribution in [0.4, 0.5) is 0 Å². The van der Waals surface area contributed by atoms with E-state index in [0.29, 0.717) is 11.5 Å². The average Bonchev–Trinajstić information content (AvgIpc) is 2.71. The van der Waals surface area contributed by atoms with Gasteiger partial charge in [-0.3, -0.25) is 4.79 Å². The number of carbonyl (C=O) groups is 1. The van der Waals surface area contributed by atoms with Crippen molar-refractivity contribution >= 4 is 27.5 Å². The number of halogens is 1. The first-order valence-corrected chi connectivity index (χ1v) is 10.4. The molecule has 0 heterocycles. The van der Waals surface area contributed by atoms with Crippen molar-refractivity contribution in [2.45, 2.75) is 24.4 Å². The Morgan fingerprint density at radius 3 is 2.24 bits per heavy atom. The molecule has 2 aromatic rings. The third kappa shape index (κ3) is 5.75. The first-order valence-electron chi connectivity index (χ1n) is 8.56. The molecule has 158 valence electrons. The standard InChI is InChI=1S/C19H23ClN2O6S/c1-12(22-29(24,25)18-10-14(20)6-8-16(18)27-3)19(23)21-11-13-5-7-15(26-2)17(9-13)28-4/h5-10,12,22H,11H2,1-4H3,(H,21,23)/t12-/m1/s1. The van der Waals surface area contributed by atoms with Gasteiger partial charge in [0.15, 0.2) is 11.5 Å². The van der Waals surface area contributed by atoms with E-state index in [1.54, 1.807) is 18.2 Å². The van der Waals surface area contributed by atoms with E-state index in [0.717, 1.165) is 5.56 Å². The van der Waals surface area contributed by atoms with Crippen LogP contribution < -0.4 is 24.2 Å². The SMILES string of the molecule is COc1ccc(CNC(=O)[C@@H](C)NS(=O)(=O)c2cc(Cl)ccc2OC)cc1OC. The number of nitrogens with one attached hydrogen (secondary N) is 2. The fraction of sp³-hybridized carbons (Fsp3) is 0.316. The zero-order valence-electron chi connectivity index (χ0n) is 16.5. The van der Waals surface area contributed by atoms with Gasteiger partial charge in [-0.1, -0.05) is 17.7 Å². The van der Waals surface area contributed by atoms with Gasteiger partial charge in [0.1, 0.15) is 10.6 Å². The Hall–Kier alpha value is -2.49. The van der Waals surface area contributed by atoms with Gasteiger partial charge in [-0.2, -0.15) is 4.72 Å². The number of methoxy groups -OCH3 is 3. The van der Waals surface area contributed by atoms with Crippen molar-refractivity contribution in [2.24, 2.45) is 0 Å². The molecule has 0 bridgehead atoms. The molecule has 0 aromatic heterocycles. The molecule has 0 aliphatic carbocycles. The largest absolute Gasteiger partial charge is 0.495 e. The molecule has 0 radical (unpaired) electrons. The second-order valence-electron chi connectivity index (χ2n) is 6.05. The Kier molecular flexibility index (Phi) is 7.72. The molecule has 0 aliphatic rings. The minimum Gasteiger partial charge on any atom is -0.495 e. The van der Waals surface area contributed by atoms with Crippen LogP contribution >= 0.6 is 11.6 Å². The molecule has 10 heteroatoms. The maximum atomic E-state index is 12.6. The third-order valence-corrected chi connectivity index (χ3v) is 5.85. The first-order chi connectivity index (χ1) is 13.7. The molecular formula is C19H23ClN2O6S. The van der Waals surface area contributed by atoms with E-state index >= 15 is 0 Å². The van der Waals surface area contributed by atoms with Gasteiger partial charge >= 0.3 is 0 Å². The number of amides is 1. The summed E-state index contributed by atoms with van der Waals surface area (Å²) in [5.41, 5.74) is 0.766. The summed E-state index contributed by atoms with van der Waals surface area (Å²) in [6.45, 7) is 1.63. The van der Waals surface area contributed by atoms with Gasteiger partial charge in [-0.15, -0.1) is 0 Å². The summed E-state index contributed by atoms with van der Waals surface area (Å²) in [6, 6.07) is 8.41. The van der Waals surface area contributed by atoms with E-state index in [1.165, 1.54) is 46.5 Å². The molecule has 2 rings (SSSR count). The van der Waals surface area contributed by atoms with Crippen molar-refractivity contribution in [3.8, 4) is 17.2 Å². The monoisotopic (exact) mass is 442 g/mol.